The molecule has 1 fully saturated rings. The molecule has 0 saturated carbocycles. The van der Waals surface area contributed by atoms with E-state index in [0.29, 0.717) is 19.1 Å². The molecule has 0 radical (unpaired) electrons. The van der Waals surface area contributed by atoms with E-state index in [1.54, 1.807) is 4.90 Å². The van der Waals surface area contributed by atoms with Gasteiger partial charge in [0.15, 0.2) is 5.78 Å². The number of piperazine rings is 1. The Hall–Kier alpha value is -1.07. The van der Waals surface area contributed by atoms with Crippen LogP contribution < -0.4 is 0 Å². The Bertz CT molecular complexity index is 463. The average Bonchev–Trinajstić information content (AvgIpc) is 2.94. The first-order chi connectivity index (χ1) is 10.3. The summed E-state index contributed by atoms with van der Waals surface area (Å²) in [4.78, 5) is 27.7. The van der Waals surface area contributed by atoms with E-state index >= 15 is 0 Å². The largest absolute Gasteiger partial charge is 0.444 e. The van der Waals surface area contributed by atoms with Gasteiger partial charge in [-0.25, -0.2) is 4.79 Å². The van der Waals surface area contributed by atoms with Crippen molar-refractivity contribution in [3.05, 3.63) is 11.6 Å². The number of ketones is 1. The molecule has 5 nitrogen and oxygen atoms in total. The first-order valence-electron chi connectivity index (χ1n) is 7.82. The zero-order valence-corrected chi connectivity index (χ0v) is 14.4. The summed E-state index contributed by atoms with van der Waals surface area (Å²) in [6, 6.07) is 0.294. The van der Waals surface area contributed by atoms with Crippen LogP contribution in [0.1, 0.15) is 33.6 Å². The van der Waals surface area contributed by atoms with Crippen LogP contribution in [-0.2, 0) is 9.53 Å². The Morgan fingerprint density at radius 2 is 1.91 bits per heavy atom. The fourth-order valence-electron chi connectivity index (χ4n) is 2.87. The molecule has 0 aromatic heterocycles. The maximum Gasteiger partial charge on any atom is 0.410 e. The molecule has 2 rings (SSSR count). The fourth-order valence-corrected chi connectivity index (χ4v) is 3.04. The second kappa shape index (κ2) is 7.01. The Morgan fingerprint density at radius 3 is 2.45 bits per heavy atom. The van der Waals surface area contributed by atoms with Crippen molar-refractivity contribution >= 4 is 23.5 Å². The lowest BCUT2D eigenvalue weighted by atomic mass is 10.2. The highest BCUT2D eigenvalue weighted by atomic mass is 35.5. The molecular formula is C16H25ClN2O3. The molecule has 22 heavy (non-hydrogen) atoms. The second-order valence-corrected chi connectivity index (χ2v) is 7.13. The third kappa shape index (κ3) is 4.46. The number of carbonyl (C=O) groups is 2. The standard InChI is InChI=1S/C16H25ClN2O3/c1-16(2,3)22-15(21)19-8-6-18(7-9-19)13-5-4-12(10-13)14(20)11-17/h10,13H,4-9,11H2,1-3H3/t13-/m1/s1. The Kier molecular flexibility index (Phi) is 5.50. The number of alkyl halides is 1. The molecule has 0 unspecified atom stereocenters. The van der Waals surface area contributed by atoms with Crippen LogP contribution in [0.25, 0.3) is 0 Å². The molecular weight excluding hydrogens is 304 g/mol. The molecule has 0 bridgehead atoms. The lowest BCUT2D eigenvalue weighted by Crippen LogP contribution is -2.52. The summed E-state index contributed by atoms with van der Waals surface area (Å²) in [6.07, 6.45) is 3.58. The summed E-state index contributed by atoms with van der Waals surface area (Å²) in [6.45, 7) is 8.57. The van der Waals surface area contributed by atoms with E-state index < -0.39 is 5.60 Å². The van der Waals surface area contributed by atoms with Gasteiger partial charge in [-0.2, -0.15) is 0 Å². The smallest absolute Gasteiger partial charge is 0.410 e. The van der Waals surface area contributed by atoms with Crippen LogP contribution >= 0.6 is 11.6 Å². The summed E-state index contributed by atoms with van der Waals surface area (Å²) in [5.41, 5.74) is 0.397. The molecule has 1 saturated heterocycles. The number of Topliss-reactive ketones (excluding diaryl/α,β-unsaturated/α-hetero) is 1. The van der Waals surface area contributed by atoms with E-state index in [-0.39, 0.29) is 17.8 Å². The molecule has 1 amide bonds. The number of hydrogen-bond acceptors (Lipinski definition) is 4. The van der Waals surface area contributed by atoms with Gasteiger partial charge in [-0.15, -0.1) is 11.6 Å². The molecule has 6 heteroatoms. The van der Waals surface area contributed by atoms with Crippen molar-refractivity contribution in [2.75, 3.05) is 32.1 Å². The van der Waals surface area contributed by atoms with Crippen LogP contribution in [0.4, 0.5) is 4.79 Å². The third-order valence-electron chi connectivity index (χ3n) is 4.02. The lowest BCUT2D eigenvalue weighted by Gasteiger charge is -2.37. The molecule has 0 aromatic carbocycles. The van der Waals surface area contributed by atoms with Gasteiger partial charge in [0.05, 0.1) is 5.88 Å². The molecule has 1 aliphatic heterocycles. The molecule has 1 aliphatic carbocycles. The summed E-state index contributed by atoms with van der Waals surface area (Å²) in [5, 5.41) is 0. The number of hydrogen-bond donors (Lipinski definition) is 0. The van der Waals surface area contributed by atoms with E-state index in [1.165, 1.54) is 0 Å². The molecule has 1 heterocycles. The zero-order chi connectivity index (χ0) is 16.3. The summed E-state index contributed by atoms with van der Waals surface area (Å²) >= 11 is 5.61. The Morgan fingerprint density at radius 1 is 1.27 bits per heavy atom. The third-order valence-corrected chi connectivity index (χ3v) is 4.26. The van der Waals surface area contributed by atoms with Gasteiger partial charge in [0.1, 0.15) is 5.60 Å². The maximum absolute atomic E-state index is 12.0. The van der Waals surface area contributed by atoms with Crippen molar-refractivity contribution in [1.82, 2.24) is 9.80 Å². The van der Waals surface area contributed by atoms with Gasteiger partial charge in [-0.3, -0.25) is 9.69 Å². The highest BCUT2D eigenvalue weighted by Crippen LogP contribution is 2.25. The average molecular weight is 329 g/mol. The SMILES string of the molecule is CC(C)(C)OC(=O)N1CCN([C@H]2C=C(C(=O)CCl)CC2)CC1. The van der Waals surface area contributed by atoms with E-state index in [4.69, 9.17) is 16.3 Å². The van der Waals surface area contributed by atoms with Gasteiger partial charge in [0.25, 0.3) is 0 Å². The molecule has 2 aliphatic rings. The van der Waals surface area contributed by atoms with Crippen LogP contribution in [0, 0.1) is 0 Å². The monoisotopic (exact) mass is 328 g/mol. The molecule has 124 valence electrons. The van der Waals surface area contributed by atoms with Crippen molar-refractivity contribution < 1.29 is 14.3 Å². The lowest BCUT2D eigenvalue weighted by molar-refractivity contribution is -0.113. The maximum atomic E-state index is 12.0. The number of ether oxygens (including phenoxy) is 1. The number of carbonyl (C=O) groups excluding carboxylic acids is 2. The normalized spacial score (nSPS) is 23.4. The van der Waals surface area contributed by atoms with Gasteiger partial charge < -0.3 is 9.64 Å². The van der Waals surface area contributed by atoms with Crippen molar-refractivity contribution in [2.24, 2.45) is 0 Å². The van der Waals surface area contributed by atoms with Crippen molar-refractivity contribution in [3.63, 3.8) is 0 Å². The van der Waals surface area contributed by atoms with E-state index in [1.807, 2.05) is 26.8 Å². The molecule has 0 N–H and O–H groups in total. The molecule has 1 atom stereocenters. The van der Waals surface area contributed by atoms with Crippen LogP contribution in [-0.4, -0.2) is 65.4 Å². The minimum atomic E-state index is -0.459. The highest BCUT2D eigenvalue weighted by Gasteiger charge is 2.30. The van der Waals surface area contributed by atoms with Crippen LogP contribution in [0.5, 0.6) is 0 Å². The van der Waals surface area contributed by atoms with Crippen LogP contribution in [0.3, 0.4) is 0 Å². The predicted octanol–water partition coefficient (Wildman–Crippen LogP) is 2.44. The first-order valence-corrected chi connectivity index (χ1v) is 8.35. The summed E-state index contributed by atoms with van der Waals surface area (Å²) in [5.74, 6) is 0.0990. The molecule has 0 aromatic rings. The predicted molar refractivity (Wildman–Crippen MR) is 86.2 cm³/mol. The van der Waals surface area contributed by atoms with Crippen LogP contribution in [0.2, 0.25) is 0 Å². The molecule has 0 spiro atoms. The van der Waals surface area contributed by atoms with Gasteiger partial charge >= 0.3 is 6.09 Å². The van der Waals surface area contributed by atoms with Crippen molar-refractivity contribution in [1.29, 1.82) is 0 Å². The number of amides is 1. The van der Waals surface area contributed by atoms with Gasteiger partial charge in [-0.05, 0) is 39.2 Å². The van der Waals surface area contributed by atoms with Crippen molar-refractivity contribution in [2.45, 2.75) is 45.3 Å². The summed E-state index contributed by atoms with van der Waals surface area (Å²) < 4.78 is 5.40. The zero-order valence-electron chi connectivity index (χ0n) is 13.6. The minimum absolute atomic E-state index is 0.0385. The first kappa shape index (κ1) is 17.3. The van der Waals surface area contributed by atoms with Gasteiger partial charge in [-0.1, -0.05) is 6.08 Å². The van der Waals surface area contributed by atoms with E-state index in [0.717, 1.165) is 31.5 Å². The number of nitrogens with zero attached hydrogens (tertiary/aromatic N) is 2. The number of rotatable bonds is 3. The van der Waals surface area contributed by atoms with Gasteiger partial charge in [0, 0.05) is 32.2 Å². The fraction of sp³-hybridized carbons (Fsp3) is 0.750. The number of allylic oxidation sites excluding steroid dienone is 1. The van der Waals surface area contributed by atoms with Crippen LogP contribution in [0.15, 0.2) is 11.6 Å². The topological polar surface area (TPSA) is 49.9 Å². The Labute approximate surface area is 137 Å². The minimum Gasteiger partial charge on any atom is -0.444 e. The Balaban J connectivity index is 1.84. The number of halogens is 1. The second-order valence-electron chi connectivity index (χ2n) is 6.86. The van der Waals surface area contributed by atoms with Gasteiger partial charge in [0.2, 0.25) is 0 Å². The van der Waals surface area contributed by atoms with Crippen molar-refractivity contribution in [3.8, 4) is 0 Å². The van der Waals surface area contributed by atoms with E-state index in [2.05, 4.69) is 4.90 Å². The highest BCUT2D eigenvalue weighted by molar-refractivity contribution is 6.30. The quantitative estimate of drug-likeness (QED) is 0.747. The summed E-state index contributed by atoms with van der Waals surface area (Å²) in [7, 11) is 0. The van der Waals surface area contributed by atoms with E-state index in [9.17, 15) is 9.59 Å².